The molecule has 1 saturated carbocycles. The highest BCUT2D eigenvalue weighted by atomic mass is 19.1. The van der Waals surface area contributed by atoms with Crippen molar-refractivity contribution in [3.63, 3.8) is 0 Å². The molecule has 33 heavy (non-hydrogen) atoms. The Morgan fingerprint density at radius 1 is 1.21 bits per heavy atom. The van der Waals surface area contributed by atoms with Gasteiger partial charge in [0.05, 0.1) is 17.9 Å². The number of anilines is 1. The topological polar surface area (TPSA) is 62.6 Å². The molecule has 0 amide bonds. The number of carbonyl (C=O) groups is 1. The summed E-state index contributed by atoms with van der Waals surface area (Å²) in [5, 5.41) is 9.09. The number of halogens is 1. The molecule has 2 heterocycles. The quantitative estimate of drug-likeness (QED) is 0.616. The number of rotatable bonds is 6. The van der Waals surface area contributed by atoms with Crippen molar-refractivity contribution < 1.29 is 18.7 Å². The van der Waals surface area contributed by atoms with Crippen molar-refractivity contribution in [3.05, 3.63) is 52.8 Å². The number of ether oxygens (including phenoxy) is 2. The zero-order valence-electron chi connectivity index (χ0n) is 19.4. The molecule has 0 bridgehead atoms. The summed E-state index contributed by atoms with van der Waals surface area (Å²) in [6.45, 7) is 7.29. The van der Waals surface area contributed by atoms with Crippen molar-refractivity contribution in [2.24, 2.45) is 5.41 Å². The van der Waals surface area contributed by atoms with E-state index in [9.17, 15) is 4.79 Å². The van der Waals surface area contributed by atoms with Crippen molar-refractivity contribution in [1.82, 2.24) is 0 Å². The third-order valence-corrected chi connectivity index (χ3v) is 7.37. The predicted molar refractivity (Wildman–Crippen MR) is 123 cm³/mol. The highest BCUT2D eigenvalue weighted by molar-refractivity contribution is 5.95. The molecular weight excluding hydrogens is 419 g/mol. The first-order valence-corrected chi connectivity index (χ1v) is 11.6. The van der Waals surface area contributed by atoms with Crippen molar-refractivity contribution >= 4 is 11.5 Å². The van der Waals surface area contributed by atoms with Gasteiger partial charge in [-0.05, 0) is 59.6 Å². The standard InChI is InChI=1S/C27H29FN2O3/c1-26(2,3)24-12-18-11-17(20(28)15-21(18)30(24)10-4-9-29)13-25(31)27(7-8-27)19-5-6-22-23(14-19)33-16-32-22/h5-6,11,14-15,24H,4,7-8,10,12-13,16H2,1-3H3. The number of fused-ring (bicyclic) bond motifs is 2. The molecule has 0 radical (unpaired) electrons. The fourth-order valence-corrected chi connectivity index (χ4v) is 5.32. The first kappa shape index (κ1) is 21.8. The summed E-state index contributed by atoms with van der Waals surface area (Å²) in [6.07, 6.45) is 2.80. The molecule has 5 nitrogen and oxygen atoms in total. The number of hydrogen-bond acceptors (Lipinski definition) is 5. The molecule has 1 aliphatic carbocycles. The number of Topliss-reactive ketones (excluding diaryl/α,β-unsaturated/α-hetero) is 1. The summed E-state index contributed by atoms with van der Waals surface area (Å²) in [5.41, 5.74) is 2.73. The maximum Gasteiger partial charge on any atom is 0.231 e. The molecule has 172 valence electrons. The number of ketones is 1. The summed E-state index contributed by atoms with van der Waals surface area (Å²) in [7, 11) is 0. The monoisotopic (exact) mass is 448 g/mol. The van der Waals surface area contributed by atoms with E-state index in [1.165, 1.54) is 0 Å². The van der Waals surface area contributed by atoms with Crippen LogP contribution in [0.2, 0.25) is 0 Å². The van der Waals surface area contributed by atoms with E-state index in [0.717, 1.165) is 36.1 Å². The number of nitrogens with zero attached hydrogens (tertiary/aromatic N) is 2. The maximum atomic E-state index is 15.2. The third-order valence-electron chi connectivity index (χ3n) is 7.37. The van der Waals surface area contributed by atoms with E-state index in [2.05, 4.69) is 31.7 Å². The van der Waals surface area contributed by atoms with Gasteiger partial charge in [0.2, 0.25) is 6.79 Å². The summed E-state index contributed by atoms with van der Waals surface area (Å²) < 4.78 is 26.1. The Bertz CT molecular complexity index is 1160. The Morgan fingerprint density at radius 3 is 2.67 bits per heavy atom. The van der Waals surface area contributed by atoms with Crippen LogP contribution < -0.4 is 14.4 Å². The first-order valence-electron chi connectivity index (χ1n) is 11.6. The lowest BCUT2D eigenvalue weighted by Gasteiger charge is -2.36. The molecule has 2 aromatic carbocycles. The van der Waals surface area contributed by atoms with Gasteiger partial charge in [-0.15, -0.1) is 0 Å². The molecule has 0 N–H and O–H groups in total. The molecule has 1 atom stereocenters. The number of benzene rings is 2. The molecule has 1 fully saturated rings. The second-order valence-corrected chi connectivity index (χ2v) is 10.5. The smallest absolute Gasteiger partial charge is 0.231 e. The lowest BCUT2D eigenvalue weighted by Crippen LogP contribution is -2.42. The Labute approximate surface area is 194 Å². The summed E-state index contributed by atoms with van der Waals surface area (Å²) in [6, 6.07) is 11.5. The molecular formula is C27H29FN2O3. The van der Waals surface area contributed by atoms with Crippen LogP contribution in [0.25, 0.3) is 0 Å². The maximum absolute atomic E-state index is 15.2. The summed E-state index contributed by atoms with van der Waals surface area (Å²) >= 11 is 0. The molecule has 0 saturated heterocycles. The second kappa shape index (κ2) is 7.76. The van der Waals surface area contributed by atoms with Crippen molar-refractivity contribution in [3.8, 4) is 17.6 Å². The van der Waals surface area contributed by atoms with E-state index in [4.69, 9.17) is 14.7 Å². The lowest BCUT2D eigenvalue weighted by molar-refractivity contribution is -0.120. The van der Waals surface area contributed by atoms with Crippen LogP contribution >= 0.6 is 0 Å². The van der Waals surface area contributed by atoms with Crippen molar-refractivity contribution in [2.75, 3.05) is 18.2 Å². The third kappa shape index (κ3) is 3.74. The average Bonchev–Trinajstić information content (AvgIpc) is 3.31. The van der Waals surface area contributed by atoms with E-state index in [0.29, 0.717) is 30.0 Å². The Balaban J connectivity index is 1.40. The van der Waals surface area contributed by atoms with E-state index < -0.39 is 5.41 Å². The van der Waals surface area contributed by atoms with E-state index >= 15 is 4.39 Å². The Hall–Kier alpha value is -3.07. The number of hydrogen-bond donors (Lipinski definition) is 0. The summed E-state index contributed by atoms with van der Waals surface area (Å²) in [5.74, 6) is 1.06. The van der Waals surface area contributed by atoms with Gasteiger partial charge in [0, 0.05) is 24.7 Å². The Morgan fingerprint density at radius 2 is 1.97 bits per heavy atom. The van der Waals surface area contributed by atoms with E-state index in [1.54, 1.807) is 6.07 Å². The van der Waals surface area contributed by atoms with Crippen LogP contribution in [0.15, 0.2) is 30.3 Å². The van der Waals surface area contributed by atoms with Crippen LogP contribution in [0.5, 0.6) is 11.5 Å². The van der Waals surface area contributed by atoms with Gasteiger partial charge in [0.15, 0.2) is 11.5 Å². The molecule has 0 aromatic heterocycles. The van der Waals surface area contributed by atoms with Gasteiger partial charge in [-0.2, -0.15) is 5.26 Å². The SMILES string of the molecule is CC(C)(C)C1Cc2cc(CC(=O)C3(c4ccc5c(c4)OCO5)CC3)c(F)cc2N1CCC#N. The van der Waals surface area contributed by atoms with Crippen LogP contribution in [-0.2, 0) is 23.1 Å². The van der Waals surface area contributed by atoms with Gasteiger partial charge in [0.1, 0.15) is 11.6 Å². The van der Waals surface area contributed by atoms with E-state index in [1.807, 2.05) is 24.3 Å². The average molecular weight is 449 g/mol. The first-order chi connectivity index (χ1) is 15.7. The normalized spacial score (nSPS) is 19.8. The van der Waals surface area contributed by atoms with Crippen molar-refractivity contribution in [1.29, 1.82) is 5.26 Å². The van der Waals surface area contributed by atoms with Crippen LogP contribution in [0.3, 0.4) is 0 Å². The molecule has 2 aliphatic heterocycles. The minimum absolute atomic E-state index is 0.0155. The molecule has 5 rings (SSSR count). The predicted octanol–water partition coefficient (Wildman–Crippen LogP) is 5.09. The van der Waals surface area contributed by atoms with Crippen molar-refractivity contribution in [2.45, 2.75) is 64.3 Å². The van der Waals surface area contributed by atoms with Gasteiger partial charge in [-0.1, -0.05) is 32.9 Å². The van der Waals surface area contributed by atoms with Gasteiger partial charge in [-0.3, -0.25) is 4.79 Å². The number of carbonyl (C=O) groups excluding carboxylic acids is 1. The molecule has 3 aliphatic rings. The minimum Gasteiger partial charge on any atom is -0.454 e. The van der Waals surface area contributed by atoms with Gasteiger partial charge in [0.25, 0.3) is 0 Å². The molecule has 2 aromatic rings. The zero-order valence-corrected chi connectivity index (χ0v) is 19.4. The fraction of sp³-hybridized carbons (Fsp3) is 0.481. The highest BCUT2D eigenvalue weighted by Gasteiger charge is 2.51. The zero-order chi connectivity index (χ0) is 23.4. The van der Waals surface area contributed by atoms with Crippen LogP contribution in [0, 0.1) is 22.6 Å². The van der Waals surface area contributed by atoms with E-state index in [-0.39, 0.29) is 36.3 Å². The highest BCUT2D eigenvalue weighted by Crippen LogP contribution is 2.52. The number of nitriles is 1. The Kier molecular flexibility index (Phi) is 5.12. The lowest BCUT2D eigenvalue weighted by atomic mass is 9.84. The van der Waals surface area contributed by atoms with Crippen LogP contribution in [-0.4, -0.2) is 25.2 Å². The fourth-order valence-electron chi connectivity index (χ4n) is 5.32. The van der Waals surface area contributed by atoms with Crippen LogP contribution in [0.4, 0.5) is 10.1 Å². The second-order valence-electron chi connectivity index (χ2n) is 10.5. The minimum atomic E-state index is -0.556. The van der Waals surface area contributed by atoms with Gasteiger partial charge >= 0.3 is 0 Å². The molecule has 6 heteroatoms. The van der Waals surface area contributed by atoms with Gasteiger partial charge in [-0.25, -0.2) is 4.39 Å². The van der Waals surface area contributed by atoms with Gasteiger partial charge < -0.3 is 14.4 Å². The molecule has 0 spiro atoms. The summed E-state index contributed by atoms with van der Waals surface area (Å²) in [4.78, 5) is 15.6. The largest absolute Gasteiger partial charge is 0.454 e. The van der Waals surface area contributed by atoms with Crippen LogP contribution in [0.1, 0.15) is 56.7 Å². The molecule has 1 unspecified atom stereocenters.